The molecule has 1 atom stereocenters. The second-order valence-electron chi connectivity index (χ2n) is 7.22. The molecule has 2 aromatic carbocycles. The Morgan fingerprint density at radius 3 is 2.97 bits per heavy atom. The van der Waals surface area contributed by atoms with Crippen LogP contribution in [0.5, 0.6) is 0 Å². The van der Waals surface area contributed by atoms with Crippen LogP contribution in [0.1, 0.15) is 18.4 Å². The first-order valence-corrected chi connectivity index (χ1v) is 10.7. The van der Waals surface area contributed by atoms with Gasteiger partial charge in [-0.2, -0.15) is 0 Å². The maximum Gasteiger partial charge on any atom is 0.191 e. The number of rotatable bonds is 6. The first-order valence-electron chi connectivity index (χ1n) is 9.76. The second kappa shape index (κ2) is 8.00. The van der Waals surface area contributed by atoms with E-state index >= 15 is 0 Å². The minimum atomic E-state index is -0.219. The molecule has 0 saturated carbocycles. The third-order valence-electron chi connectivity index (χ3n) is 5.21. The summed E-state index contributed by atoms with van der Waals surface area (Å²) in [5, 5.41) is 10.9. The Morgan fingerprint density at radius 2 is 2.10 bits per heavy atom. The van der Waals surface area contributed by atoms with Crippen molar-refractivity contribution in [2.24, 2.45) is 0 Å². The number of para-hydroxylation sites is 1. The average Bonchev–Trinajstić information content (AvgIpc) is 3.47. The summed E-state index contributed by atoms with van der Waals surface area (Å²) in [6.07, 6.45) is 4.28. The molecule has 5 rings (SSSR count). The van der Waals surface area contributed by atoms with Crippen molar-refractivity contribution >= 4 is 22.7 Å². The Kier molecular flexibility index (Phi) is 5.08. The standard InChI is InChI=1S/C22H21FN4OS/c23-16-6-3-5-15(11-16)14-29-22-26-25-21(27(22)13-17-7-4-10-28-17)19-12-24-20-9-2-1-8-18(19)20/h1-3,5-6,8-9,11-12,17,24H,4,7,10,13-14H2. The molecular formula is C22H21FN4OS. The quantitative estimate of drug-likeness (QED) is 0.454. The van der Waals surface area contributed by atoms with Gasteiger partial charge in [-0.15, -0.1) is 10.2 Å². The zero-order chi connectivity index (χ0) is 19.6. The molecule has 3 heterocycles. The number of hydrogen-bond acceptors (Lipinski definition) is 4. The monoisotopic (exact) mass is 408 g/mol. The van der Waals surface area contributed by atoms with E-state index in [9.17, 15) is 4.39 Å². The van der Waals surface area contributed by atoms with Gasteiger partial charge in [-0.05, 0) is 36.6 Å². The lowest BCUT2D eigenvalue weighted by atomic mass is 10.1. The van der Waals surface area contributed by atoms with Crippen LogP contribution in [-0.2, 0) is 17.0 Å². The Balaban J connectivity index is 1.49. The highest BCUT2D eigenvalue weighted by atomic mass is 32.2. The van der Waals surface area contributed by atoms with Gasteiger partial charge >= 0.3 is 0 Å². The Hall–Kier alpha value is -2.64. The first kappa shape index (κ1) is 18.4. The number of thioether (sulfide) groups is 1. The minimum Gasteiger partial charge on any atom is -0.376 e. The third-order valence-corrected chi connectivity index (χ3v) is 6.25. The van der Waals surface area contributed by atoms with Crippen molar-refractivity contribution in [3.63, 3.8) is 0 Å². The van der Waals surface area contributed by atoms with E-state index in [4.69, 9.17) is 4.74 Å². The van der Waals surface area contributed by atoms with E-state index < -0.39 is 0 Å². The van der Waals surface area contributed by atoms with E-state index in [1.54, 1.807) is 23.9 Å². The summed E-state index contributed by atoms with van der Waals surface area (Å²) in [5.41, 5.74) is 3.03. The van der Waals surface area contributed by atoms with E-state index in [-0.39, 0.29) is 11.9 Å². The number of halogens is 1. The van der Waals surface area contributed by atoms with Crippen LogP contribution >= 0.6 is 11.8 Å². The smallest absolute Gasteiger partial charge is 0.191 e. The van der Waals surface area contributed by atoms with Crippen LogP contribution in [0.2, 0.25) is 0 Å². The van der Waals surface area contributed by atoms with Crippen molar-refractivity contribution in [2.45, 2.75) is 36.4 Å². The van der Waals surface area contributed by atoms with Crippen molar-refractivity contribution < 1.29 is 9.13 Å². The fourth-order valence-electron chi connectivity index (χ4n) is 3.78. The molecule has 4 aromatic rings. The maximum absolute atomic E-state index is 13.5. The van der Waals surface area contributed by atoms with E-state index in [1.807, 2.05) is 24.4 Å². The lowest BCUT2D eigenvalue weighted by Gasteiger charge is -2.14. The number of nitrogens with one attached hydrogen (secondary N) is 1. The van der Waals surface area contributed by atoms with Crippen LogP contribution in [0.25, 0.3) is 22.3 Å². The molecular weight excluding hydrogens is 387 g/mol. The molecule has 1 aliphatic rings. The molecule has 148 valence electrons. The second-order valence-corrected chi connectivity index (χ2v) is 8.16. The van der Waals surface area contributed by atoms with Crippen LogP contribution in [0.3, 0.4) is 0 Å². The van der Waals surface area contributed by atoms with Gasteiger partial charge in [-0.1, -0.05) is 42.1 Å². The van der Waals surface area contributed by atoms with Crippen LogP contribution in [0.4, 0.5) is 4.39 Å². The number of ether oxygens (including phenoxy) is 1. The summed E-state index contributed by atoms with van der Waals surface area (Å²) in [4.78, 5) is 3.32. The molecule has 0 aliphatic carbocycles. The fourth-order valence-corrected chi connectivity index (χ4v) is 4.67. The van der Waals surface area contributed by atoms with Gasteiger partial charge in [-0.25, -0.2) is 4.39 Å². The lowest BCUT2D eigenvalue weighted by molar-refractivity contribution is 0.0953. The highest BCUT2D eigenvalue weighted by Gasteiger charge is 2.23. The topological polar surface area (TPSA) is 55.7 Å². The summed E-state index contributed by atoms with van der Waals surface area (Å²) < 4.78 is 21.5. The number of hydrogen-bond donors (Lipinski definition) is 1. The predicted molar refractivity (Wildman–Crippen MR) is 112 cm³/mol. The molecule has 1 N–H and O–H groups in total. The van der Waals surface area contributed by atoms with Gasteiger partial charge in [0.2, 0.25) is 0 Å². The van der Waals surface area contributed by atoms with Gasteiger partial charge in [0, 0.05) is 35.0 Å². The highest BCUT2D eigenvalue weighted by molar-refractivity contribution is 7.98. The number of fused-ring (bicyclic) bond motifs is 1. The van der Waals surface area contributed by atoms with Crippen molar-refractivity contribution in [2.75, 3.05) is 6.61 Å². The van der Waals surface area contributed by atoms with Crippen molar-refractivity contribution in [1.29, 1.82) is 0 Å². The molecule has 5 nitrogen and oxygen atoms in total. The SMILES string of the molecule is Fc1cccc(CSc2nnc(-c3c[nH]c4ccccc34)n2CC2CCCO2)c1. The van der Waals surface area contributed by atoms with E-state index in [0.29, 0.717) is 12.3 Å². The zero-order valence-electron chi connectivity index (χ0n) is 15.8. The average molecular weight is 409 g/mol. The fraction of sp³-hybridized carbons (Fsp3) is 0.273. The molecule has 1 unspecified atom stereocenters. The molecule has 29 heavy (non-hydrogen) atoms. The largest absolute Gasteiger partial charge is 0.376 e. The zero-order valence-corrected chi connectivity index (χ0v) is 16.7. The lowest BCUT2D eigenvalue weighted by Crippen LogP contribution is -2.16. The van der Waals surface area contributed by atoms with E-state index in [1.165, 1.54) is 6.07 Å². The molecule has 7 heteroatoms. The van der Waals surface area contributed by atoms with Gasteiger partial charge in [0.05, 0.1) is 12.6 Å². The number of aromatic nitrogens is 4. The molecule has 2 aromatic heterocycles. The maximum atomic E-state index is 13.5. The highest BCUT2D eigenvalue weighted by Crippen LogP contribution is 2.32. The third kappa shape index (κ3) is 3.80. The van der Waals surface area contributed by atoms with Crippen LogP contribution in [0, 0.1) is 5.82 Å². The van der Waals surface area contributed by atoms with Gasteiger partial charge < -0.3 is 9.72 Å². The normalized spacial score (nSPS) is 16.7. The predicted octanol–water partition coefficient (Wildman–Crippen LogP) is 5.04. The first-order chi connectivity index (χ1) is 14.3. The van der Waals surface area contributed by atoms with Crippen molar-refractivity contribution in [3.8, 4) is 11.4 Å². The minimum absolute atomic E-state index is 0.170. The summed E-state index contributed by atoms with van der Waals surface area (Å²) in [6, 6.07) is 14.9. The number of nitrogens with zero attached hydrogens (tertiary/aromatic N) is 3. The Bertz CT molecular complexity index is 1130. The molecule has 0 spiro atoms. The molecule has 1 fully saturated rings. The van der Waals surface area contributed by atoms with Crippen LogP contribution in [0.15, 0.2) is 59.9 Å². The number of aromatic amines is 1. The van der Waals surface area contributed by atoms with Gasteiger partial charge in [0.25, 0.3) is 0 Å². The van der Waals surface area contributed by atoms with Crippen LogP contribution < -0.4 is 0 Å². The molecule has 0 bridgehead atoms. The number of H-pyrrole nitrogens is 1. The molecule has 1 aliphatic heterocycles. The summed E-state index contributed by atoms with van der Waals surface area (Å²) in [5.74, 6) is 1.25. The molecule has 1 saturated heterocycles. The molecule has 0 radical (unpaired) electrons. The molecule has 0 amide bonds. The van der Waals surface area contributed by atoms with Gasteiger partial charge in [0.15, 0.2) is 11.0 Å². The van der Waals surface area contributed by atoms with Gasteiger partial charge in [-0.3, -0.25) is 4.57 Å². The Labute approximate surface area is 172 Å². The number of benzene rings is 2. The Morgan fingerprint density at radius 1 is 1.17 bits per heavy atom. The van der Waals surface area contributed by atoms with Crippen molar-refractivity contribution in [3.05, 3.63) is 66.1 Å². The van der Waals surface area contributed by atoms with Crippen LogP contribution in [-0.4, -0.2) is 32.5 Å². The summed E-state index contributed by atoms with van der Waals surface area (Å²) >= 11 is 1.57. The summed E-state index contributed by atoms with van der Waals surface area (Å²) in [6.45, 7) is 1.52. The summed E-state index contributed by atoms with van der Waals surface area (Å²) in [7, 11) is 0. The van der Waals surface area contributed by atoms with Crippen molar-refractivity contribution in [1.82, 2.24) is 19.7 Å². The van der Waals surface area contributed by atoms with E-state index in [0.717, 1.165) is 52.5 Å². The van der Waals surface area contributed by atoms with Gasteiger partial charge in [0.1, 0.15) is 5.82 Å². The van der Waals surface area contributed by atoms with E-state index in [2.05, 4.69) is 31.9 Å².